The average Bonchev–Trinajstić information content (AvgIpc) is 3.40. The zero-order chi connectivity index (χ0) is 19.2. The first-order valence-corrected chi connectivity index (χ1v) is 10.6. The zero-order valence-corrected chi connectivity index (χ0v) is 17.1. The molecule has 0 saturated heterocycles. The first-order valence-electron chi connectivity index (χ1n) is 10.6. The number of benzene rings is 1. The van der Waals surface area contributed by atoms with E-state index >= 15 is 0 Å². The lowest BCUT2D eigenvalue weighted by Gasteiger charge is -2.10. The van der Waals surface area contributed by atoms with Crippen LogP contribution in [0.25, 0.3) is 0 Å². The highest BCUT2D eigenvalue weighted by Gasteiger charge is 2.29. The van der Waals surface area contributed by atoms with E-state index in [1.54, 1.807) is 0 Å². The zero-order valence-electron chi connectivity index (χ0n) is 17.1. The number of Topliss-reactive ketones (excluding diaryl/α,β-unsaturated/α-hetero) is 1. The fourth-order valence-corrected chi connectivity index (χ4v) is 3.67. The highest BCUT2D eigenvalue weighted by atomic mass is 16.1. The van der Waals surface area contributed by atoms with E-state index in [-0.39, 0.29) is 0 Å². The third-order valence-corrected chi connectivity index (χ3v) is 5.35. The Hall–Kier alpha value is -1.97. The van der Waals surface area contributed by atoms with E-state index in [9.17, 15) is 4.79 Å². The van der Waals surface area contributed by atoms with Gasteiger partial charge in [-0.25, -0.2) is 0 Å². The van der Waals surface area contributed by atoms with Gasteiger partial charge in [0.15, 0.2) is 0 Å². The van der Waals surface area contributed by atoms with Crippen molar-refractivity contribution < 1.29 is 4.79 Å². The number of nitrogens with zero attached hydrogens (tertiary/aromatic N) is 3. The fraction of sp³-hybridized carbons (Fsp3) is 0.609. The van der Waals surface area contributed by atoms with E-state index in [0.717, 1.165) is 37.3 Å². The summed E-state index contributed by atoms with van der Waals surface area (Å²) >= 11 is 0. The predicted molar refractivity (Wildman–Crippen MR) is 109 cm³/mol. The Bertz CT molecular complexity index is 759. The summed E-state index contributed by atoms with van der Waals surface area (Å²) in [5.41, 5.74) is 2.50. The van der Waals surface area contributed by atoms with Gasteiger partial charge in [0.1, 0.15) is 17.4 Å². The Labute approximate surface area is 163 Å². The molecule has 1 saturated carbocycles. The van der Waals surface area contributed by atoms with Crippen LogP contribution in [0.3, 0.4) is 0 Å². The van der Waals surface area contributed by atoms with E-state index in [2.05, 4.69) is 53.7 Å². The van der Waals surface area contributed by atoms with Crippen molar-refractivity contribution in [2.24, 2.45) is 5.92 Å². The molecule has 1 fully saturated rings. The summed E-state index contributed by atoms with van der Waals surface area (Å²) in [5, 5.41) is 8.89. The first kappa shape index (κ1) is 19.8. The number of carbonyl (C=O) groups excluding carboxylic acids is 1. The van der Waals surface area contributed by atoms with Crippen molar-refractivity contribution in [3.63, 3.8) is 0 Å². The Morgan fingerprint density at radius 3 is 2.37 bits per heavy atom. The second-order valence-electron chi connectivity index (χ2n) is 8.30. The van der Waals surface area contributed by atoms with Gasteiger partial charge in [-0.05, 0) is 42.7 Å². The van der Waals surface area contributed by atoms with Crippen LogP contribution in [0.1, 0.15) is 81.7 Å². The van der Waals surface area contributed by atoms with E-state index in [1.165, 1.54) is 24.0 Å². The maximum Gasteiger partial charge on any atom is 0.137 e. The van der Waals surface area contributed by atoms with Crippen molar-refractivity contribution in [3.05, 3.63) is 47.0 Å². The summed E-state index contributed by atoms with van der Waals surface area (Å²) in [5.74, 6) is 3.09. The number of aryl methyl sites for hydroxylation is 3. The molecule has 146 valence electrons. The van der Waals surface area contributed by atoms with Gasteiger partial charge in [0.2, 0.25) is 0 Å². The van der Waals surface area contributed by atoms with Crippen molar-refractivity contribution in [1.82, 2.24) is 14.8 Å². The van der Waals surface area contributed by atoms with Gasteiger partial charge in [-0.15, -0.1) is 10.2 Å². The smallest absolute Gasteiger partial charge is 0.137 e. The third kappa shape index (κ3) is 5.50. The summed E-state index contributed by atoms with van der Waals surface area (Å²) in [6.45, 7) is 6.67. The summed E-state index contributed by atoms with van der Waals surface area (Å²) < 4.78 is 2.33. The van der Waals surface area contributed by atoms with Gasteiger partial charge < -0.3 is 4.57 Å². The maximum absolute atomic E-state index is 12.6. The Morgan fingerprint density at radius 2 is 1.74 bits per heavy atom. The third-order valence-electron chi connectivity index (χ3n) is 5.35. The van der Waals surface area contributed by atoms with Crippen molar-refractivity contribution in [3.8, 4) is 0 Å². The fourth-order valence-electron chi connectivity index (χ4n) is 3.67. The van der Waals surface area contributed by atoms with E-state index in [4.69, 9.17) is 0 Å². The molecule has 1 heterocycles. The normalized spacial score (nSPS) is 14.1. The minimum atomic E-state index is 0.299. The van der Waals surface area contributed by atoms with Crippen LogP contribution in [0.2, 0.25) is 0 Å². The van der Waals surface area contributed by atoms with Gasteiger partial charge in [0, 0.05) is 31.7 Å². The van der Waals surface area contributed by atoms with Crippen molar-refractivity contribution in [1.29, 1.82) is 0 Å². The molecule has 1 aliphatic rings. The van der Waals surface area contributed by atoms with Crippen LogP contribution in [0.4, 0.5) is 0 Å². The molecule has 0 amide bonds. The van der Waals surface area contributed by atoms with E-state index < -0.39 is 0 Å². The molecule has 0 aliphatic heterocycles. The van der Waals surface area contributed by atoms with Crippen LogP contribution < -0.4 is 0 Å². The molecule has 3 rings (SSSR count). The molecule has 0 spiro atoms. The van der Waals surface area contributed by atoms with Crippen LogP contribution in [0, 0.1) is 5.92 Å². The van der Waals surface area contributed by atoms with E-state index in [1.807, 2.05) is 6.07 Å². The number of rotatable bonds is 11. The second kappa shape index (κ2) is 9.29. The van der Waals surface area contributed by atoms with Crippen molar-refractivity contribution in [2.45, 2.75) is 84.6 Å². The quantitative estimate of drug-likeness (QED) is 0.567. The van der Waals surface area contributed by atoms with Gasteiger partial charge in [-0.1, -0.05) is 51.5 Å². The molecule has 0 N–H and O–H groups in total. The molecule has 4 heteroatoms. The molecular weight excluding hydrogens is 334 g/mol. The van der Waals surface area contributed by atoms with Crippen LogP contribution in [-0.2, 0) is 30.5 Å². The summed E-state index contributed by atoms with van der Waals surface area (Å²) in [7, 11) is 0. The topological polar surface area (TPSA) is 47.8 Å². The van der Waals surface area contributed by atoms with Gasteiger partial charge in [-0.3, -0.25) is 4.79 Å². The monoisotopic (exact) mass is 367 g/mol. The number of carbonyl (C=O) groups is 1. The van der Waals surface area contributed by atoms with Gasteiger partial charge in [0.25, 0.3) is 0 Å². The molecule has 0 radical (unpaired) electrons. The molecule has 27 heavy (non-hydrogen) atoms. The van der Waals surface area contributed by atoms with Crippen molar-refractivity contribution in [2.75, 3.05) is 0 Å². The van der Waals surface area contributed by atoms with E-state index in [0.29, 0.717) is 37.0 Å². The van der Waals surface area contributed by atoms with Gasteiger partial charge in [-0.2, -0.15) is 0 Å². The van der Waals surface area contributed by atoms with Crippen LogP contribution >= 0.6 is 0 Å². The Morgan fingerprint density at radius 1 is 1.07 bits per heavy atom. The predicted octanol–water partition coefficient (Wildman–Crippen LogP) is 4.90. The number of hydrogen-bond donors (Lipinski definition) is 0. The van der Waals surface area contributed by atoms with Crippen molar-refractivity contribution >= 4 is 5.78 Å². The summed E-state index contributed by atoms with van der Waals surface area (Å²) in [4.78, 5) is 12.6. The van der Waals surface area contributed by atoms with Crippen LogP contribution in [-0.4, -0.2) is 20.5 Å². The second-order valence-corrected chi connectivity index (χ2v) is 8.30. The minimum Gasteiger partial charge on any atom is -0.312 e. The minimum absolute atomic E-state index is 0.299. The molecule has 1 aromatic heterocycles. The Balaban J connectivity index is 1.61. The largest absolute Gasteiger partial charge is 0.312 e. The highest BCUT2D eigenvalue weighted by Crippen LogP contribution is 2.37. The summed E-state index contributed by atoms with van der Waals surface area (Å²) in [6, 6.07) is 8.91. The molecule has 1 aliphatic carbocycles. The van der Waals surface area contributed by atoms with Crippen LogP contribution in [0.5, 0.6) is 0 Å². The number of ketones is 1. The SMILES string of the molecule is CCCc1ccccc1CC(=O)CCc1nnc(CCC(C)C)n1C1CC1. The van der Waals surface area contributed by atoms with Gasteiger partial charge in [0.05, 0.1) is 0 Å². The molecule has 0 atom stereocenters. The number of hydrogen-bond acceptors (Lipinski definition) is 3. The molecule has 0 bridgehead atoms. The standard InChI is InChI=1S/C23H33N3O/c1-4-7-18-8-5-6-9-19(18)16-21(27)13-15-23-25-24-22(14-10-17(2)3)26(23)20-11-12-20/h5-6,8-9,17,20H,4,7,10-16H2,1-3H3. The lowest BCUT2D eigenvalue weighted by Crippen LogP contribution is -2.11. The highest BCUT2D eigenvalue weighted by molar-refractivity contribution is 5.81. The Kier molecular flexibility index (Phi) is 6.81. The first-order chi connectivity index (χ1) is 13.1. The maximum atomic E-state index is 12.6. The number of aromatic nitrogens is 3. The molecular formula is C23H33N3O. The molecule has 4 nitrogen and oxygen atoms in total. The lowest BCUT2D eigenvalue weighted by atomic mass is 9.97. The average molecular weight is 368 g/mol. The molecule has 0 unspecified atom stereocenters. The van der Waals surface area contributed by atoms with Crippen LogP contribution in [0.15, 0.2) is 24.3 Å². The molecule has 2 aromatic rings. The summed E-state index contributed by atoms with van der Waals surface area (Å²) in [6.07, 6.45) is 8.50. The van der Waals surface area contributed by atoms with Gasteiger partial charge >= 0.3 is 0 Å². The molecule has 1 aromatic carbocycles. The lowest BCUT2D eigenvalue weighted by molar-refractivity contribution is -0.118.